The highest BCUT2D eigenvalue weighted by Gasteiger charge is 2.20. The predicted octanol–water partition coefficient (Wildman–Crippen LogP) is 3.41. The molecule has 1 heterocycles. The first kappa shape index (κ1) is 22.9. The Balaban J connectivity index is 1.54. The van der Waals surface area contributed by atoms with Crippen LogP contribution in [0.15, 0.2) is 52.9 Å². The third-order valence-electron chi connectivity index (χ3n) is 4.36. The summed E-state index contributed by atoms with van der Waals surface area (Å²) in [4.78, 5) is 12.3. The van der Waals surface area contributed by atoms with Gasteiger partial charge in [-0.25, -0.2) is 13.1 Å². The minimum Gasteiger partial charge on any atom is -0.494 e. The van der Waals surface area contributed by atoms with Gasteiger partial charge in [0.15, 0.2) is 0 Å². The number of amides is 1. The number of hydrogen-bond acceptors (Lipinski definition) is 7. The largest absolute Gasteiger partial charge is 0.494 e. The number of carbonyl (C=O) groups is 1. The molecule has 0 aliphatic carbocycles. The van der Waals surface area contributed by atoms with Gasteiger partial charge in [-0.15, -0.1) is 10.2 Å². The molecule has 0 saturated carbocycles. The molecular weight excluding hydrogens is 436 g/mol. The van der Waals surface area contributed by atoms with Gasteiger partial charge in [-0.3, -0.25) is 10.1 Å². The maximum atomic E-state index is 12.5. The Morgan fingerprint density at radius 1 is 1.10 bits per heavy atom. The topological polar surface area (TPSA) is 110 Å². The fourth-order valence-electron chi connectivity index (χ4n) is 2.80. The molecule has 3 aromatic rings. The number of ether oxygens (including phenoxy) is 1. The molecule has 164 valence electrons. The molecule has 10 heteroatoms. The zero-order chi connectivity index (χ0) is 22.3. The van der Waals surface area contributed by atoms with E-state index in [1.54, 1.807) is 12.1 Å². The van der Waals surface area contributed by atoms with Crippen LogP contribution in [0.25, 0.3) is 0 Å². The fourth-order valence-corrected chi connectivity index (χ4v) is 4.81. The van der Waals surface area contributed by atoms with Gasteiger partial charge in [-0.1, -0.05) is 47.2 Å². The number of aryl methyl sites for hydroxylation is 2. The molecule has 31 heavy (non-hydrogen) atoms. The number of anilines is 1. The van der Waals surface area contributed by atoms with Crippen LogP contribution in [-0.2, 0) is 16.4 Å². The van der Waals surface area contributed by atoms with Crippen molar-refractivity contribution in [2.45, 2.75) is 31.0 Å². The molecule has 0 saturated heterocycles. The summed E-state index contributed by atoms with van der Waals surface area (Å²) in [5, 5.41) is 10.2. The first-order valence-electron chi connectivity index (χ1n) is 9.81. The molecule has 0 unspecified atom stereocenters. The molecule has 0 spiro atoms. The van der Waals surface area contributed by atoms with Crippen molar-refractivity contribution < 1.29 is 17.9 Å². The van der Waals surface area contributed by atoms with Gasteiger partial charge in [0, 0.05) is 12.1 Å². The fraction of sp³-hybridized carbons (Fsp3) is 0.286. The van der Waals surface area contributed by atoms with Crippen LogP contribution >= 0.6 is 11.3 Å². The van der Waals surface area contributed by atoms with Crippen LogP contribution in [-0.4, -0.2) is 37.7 Å². The molecule has 0 aliphatic rings. The summed E-state index contributed by atoms with van der Waals surface area (Å²) < 4.78 is 32.9. The zero-order valence-electron chi connectivity index (χ0n) is 17.3. The summed E-state index contributed by atoms with van der Waals surface area (Å²) in [6.07, 6.45) is 1.27. The zero-order valence-corrected chi connectivity index (χ0v) is 18.9. The number of benzene rings is 2. The summed E-state index contributed by atoms with van der Waals surface area (Å²) in [6.45, 7) is 4.66. The molecule has 8 nitrogen and oxygen atoms in total. The number of hydrogen-bond donors (Lipinski definition) is 2. The van der Waals surface area contributed by atoms with Crippen molar-refractivity contribution >= 4 is 32.4 Å². The molecule has 1 aromatic heterocycles. The molecule has 1 amide bonds. The Hall–Kier alpha value is -2.82. The second kappa shape index (κ2) is 10.5. The Kier molecular flexibility index (Phi) is 7.72. The van der Waals surface area contributed by atoms with Crippen molar-refractivity contribution in [3.8, 4) is 5.75 Å². The average Bonchev–Trinajstić information content (AvgIpc) is 3.22. The van der Waals surface area contributed by atoms with E-state index >= 15 is 0 Å². The summed E-state index contributed by atoms with van der Waals surface area (Å²) in [7, 11) is -3.81. The first-order valence-corrected chi connectivity index (χ1v) is 12.1. The standard InChI is InChI=1S/C21H24N4O4S2/c1-3-29-18-9-5-4-7-16(18)8-6-14-22-31(27,28)21-25-24-20(30-21)23-19(26)17-12-10-15(2)11-13-17/h4-5,7,9-13,22H,3,6,8,14H2,1-2H3,(H,23,24,26). The quantitative estimate of drug-likeness (QED) is 0.354. The highest BCUT2D eigenvalue weighted by atomic mass is 32.2. The molecule has 0 radical (unpaired) electrons. The van der Waals surface area contributed by atoms with Crippen LogP contribution in [0.3, 0.4) is 0 Å². The van der Waals surface area contributed by atoms with Gasteiger partial charge in [0.1, 0.15) is 5.75 Å². The normalized spacial score (nSPS) is 11.3. The van der Waals surface area contributed by atoms with Crippen molar-refractivity contribution in [2.75, 3.05) is 18.5 Å². The van der Waals surface area contributed by atoms with Gasteiger partial charge in [0.25, 0.3) is 15.9 Å². The van der Waals surface area contributed by atoms with Crippen LogP contribution in [0.4, 0.5) is 5.13 Å². The number of nitrogens with zero attached hydrogens (tertiary/aromatic N) is 2. The minimum absolute atomic E-state index is 0.122. The van der Waals surface area contributed by atoms with E-state index in [2.05, 4.69) is 20.2 Å². The summed E-state index contributed by atoms with van der Waals surface area (Å²) in [5.41, 5.74) is 2.52. The van der Waals surface area contributed by atoms with E-state index in [9.17, 15) is 13.2 Å². The maximum Gasteiger partial charge on any atom is 0.269 e. The van der Waals surface area contributed by atoms with E-state index in [0.717, 1.165) is 28.2 Å². The van der Waals surface area contributed by atoms with E-state index in [1.165, 1.54) is 0 Å². The highest BCUT2D eigenvalue weighted by molar-refractivity contribution is 7.91. The monoisotopic (exact) mass is 460 g/mol. The van der Waals surface area contributed by atoms with E-state index in [-0.39, 0.29) is 21.9 Å². The van der Waals surface area contributed by atoms with Gasteiger partial charge < -0.3 is 4.74 Å². The molecular formula is C21H24N4O4S2. The maximum absolute atomic E-state index is 12.5. The van der Waals surface area contributed by atoms with Crippen molar-refractivity contribution in [3.05, 3.63) is 65.2 Å². The Morgan fingerprint density at radius 3 is 2.58 bits per heavy atom. The van der Waals surface area contributed by atoms with Gasteiger partial charge in [0.05, 0.1) is 6.61 Å². The lowest BCUT2D eigenvalue weighted by Crippen LogP contribution is -2.25. The van der Waals surface area contributed by atoms with Gasteiger partial charge in [-0.05, 0) is 50.5 Å². The number of nitrogens with one attached hydrogen (secondary N) is 2. The van der Waals surface area contributed by atoms with Crippen LogP contribution < -0.4 is 14.8 Å². The molecule has 0 atom stereocenters. The molecule has 0 bridgehead atoms. The third kappa shape index (κ3) is 6.33. The molecule has 0 aliphatic heterocycles. The predicted molar refractivity (Wildman–Crippen MR) is 120 cm³/mol. The van der Waals surface area contributed by atoms with Crippen molar-refractivity contribution in [1.82, 2.24) is 14.9 Å². The molecule has 2 N–H and O–H groups in total. The second-order valence-electron chi connectivity index (χ2n) is 6.74. The van der Waals surface area contributed by atoms with E-state index < -0.39 is 10.0 Å². The SMILES string of the molecule is CCOc1ccccc1CCCNS(=O)(=O)c1nnc(NC(=O)c2ccc(C)cc2)s1. The smallest absolute Gasteiger partial charge is 0.269 e. The summed E-state index contributed by atoms with van der Waals surface area (Å²) >= 11 is 0.805. The molecule has 2 aromatic carbocycles. The number of rotatable bonds is 10. The third-order valence-corrected chi connectivity index (χ3v) is 7.03. The Labute approximate surface area is 185 Å². The molecule has 0 fully saturated rings. The van der Waals surface area contributed by atoms with Crippen LogP contribution in [0, 0.1) is 6.92 Å². The van der Waals surface area contributed by atoms with Crippen LogP contribution in [0.1, 0.15) is 34.8 Å². The summed E-state index contributed by atoms with van der Waals surface area (Å²) in [5.74, 6) is 0.437. The second-order valence-corrected chi connectivity index (χ2v) is 9.65. The van der Waals surface area contributed by atoms with E-state index in [4.69, 9.17) is 4.74 Å². The number of sulfonamides is 1. The van der Waals surface area contributed by atoms with Gasteiger partial charge >= 0.3 is 0 Å². The van der Waals surface area contributed by atoms with Crippen molar-refractivity contribution in [1.29, 1.82) is 0 Å². The summed E-state index contributed by atoms with van der Waals surface area (Å²) in [6, 6.07) is 14.7. The number of aromatic nitrogens is 2. The lowest BCUT2D eigenvalue weighted by Gasteiger charge is -2.10. The number of para-hydroxylation sites is 1. The Bertz CT molecular complexity index is 1130. The Morgan fingerprint density at radius 2 is 1.84 bits per heavy atom. The average molecular weight is 461 g/mol. The lowest BCUT2D eigenvalue weighted by atomic mass is 10.1. The van der Waals surface area contributed by atoms with Crippen molar-refractivity contribution in [2.24, 2.45) is 0 Å². The lowest BCUT2D eigenvalue weighted by molar-refractivity contribution is 0.102. The van der Waals surface area contributed by atoms with E-state index in [0.29, 0.717) is 25.0 Å². The van der Waals surface area contributed by atoms with Crippen LogP contribution in [0.2, 0.25) is 0 Å². The van der Waals surface area contributed by atoms with E-state index in [1.807, 2.05) is 50.2 Å². The number of carbonyl (C=O) groups excluding carboxylic acids is 1. The highest BCUT2D eigenvalue weighted by Crippen LogP contribution is 2.21. The molecule has 3 rings (SSSR count). The first-order chi connectivity index (χ1) is 14.9. The van der Waals surface area contributed by atoms with Crippen molar-refractivity contribution in [3.63, 3.8) is 0 Å². The van der Waals surface area contributed by atoms with Gasteiger partial charge in [0.2, 0.25) is 9.47 Å². The van der Waals surface area contributed by atoms with Crippen LogP contribution in [0.5, 0.6) is 5.75 Å². The van der Waals surface area contributed by atoms with Gasteiger partial charge in [-0.2, -0.15) is 0 Å². The minimum atomic E-state index is -3.81.